The molecule has 0 nitrogen and oxygen atoms in total. The zero-order chi connectivity index (χ0) is 10.8. The van der Waals surface area contributed by atoms with Crippen LogP contribution in [0.15, 0.2) is 18.2 Å². The predicted octanol–water partition coefficient (Wildman–Crippen LogP) is 4.94. The van der Waals surface area contributed by atoms with E-state index in [9.17, 15) is 0 Å². The maximum atomic E-state index is 6.14. The van der Waals surface area contributed by atoms with Gasteiger partial charge in [0, 0.05) is 5.38 Å². The number of alkyl halides is 1. The number of benzene rings is 1. The molecule has 0 heterocycles. The molecule has 0 aliphatic heterocycles. The fraction of sp³-hybridized carbons (Fsp3) is 0.500. The van der Waals surface area contributed by atoms with Crippen molar-refractivity contribution < 1.29 is 0 Å². The minimum Gasteiger partial charge on any atom is -0.123 e. The summed E-state index contributed by atoms with van der Waals surface area (Å²) in [7, 11) is 0. The summed E-state index contributed by atoms with van der Waals surface area (Å²) in [5.74, 6) is 0.670. The van der Waals surface area contributed by atoms with Gasteiger partial charge in [-0.3, -0.25) is 0 Å². The van der Waals surface area contributed by atoms with Crippen LogP contribution < -0.4 is 0 Å². The molecule has 1 saturated carbocycles. The largest absolute Gasteiger partial charge is 0.123 e. The topological polar surface area (TPSA) is 0 Å². The molecule has 2 rings (SSSR count). The highest BCUT2D eigenvalue weighted by Gasteiger charge is 2.23. The fourth-order valence-electron chi connectivity index (χ4n) is 2.22. The first-order valence-electron chi connectivity index (χ1n) is 5.23. The molecule has 82 valence electrons. The van der Waals surface area contributed by atoms with Gasteiger partial charge in [0.2, 0.25) is 0 Å². The number of rotatable bonds is 2. The molecule has 15 heavy (non-hydrogen) atoms. The SMILES string of the molecule is Clc1cccc(CC2CCC(Cl)C2)c1Cl. The number of hydrogen-bond acceptors (Lipinski definition) is 0. The zero-order valence-electron chi connectivity index (χ0n) is 8.35. The lowest BCUT2D eigenvalue weighted by molar-refractivity contribution is 0.547. The van der Waals surface area contributed by atoms with Crippen molar-refractivity contribution in [3.8, 4) is 0 Å². The summed E-state index contributed by atoms with van der Waals surface area (Å²) in [4.78, 5) is 0. The Hall–Kier alpha value is 0.0900. The van der Waals surface area contributed by atoms with Gasteiger partial charge in [0.15, 0.2) is 0 Å². The molecule has 1 aromatic rings. The first kappa shape index (κ1) is 11.6. The van der Waals surface area contributed by atoms with Gasteiger partial charge in [-0.25, -0.2) is 0 Å². The lowest BCUT2D eigenvalue weighted by Gasteiger charge is -2.11. The highest BCUT2D eigenvalue weighted by atomic mass is 35.5. The fourth-order valence-corrected chi connectivity index (χ4v) is 2.99. The third kappa shape index (κ3) is 2.81. The van der Waals surface area contributed by atoms with Crippen LogP contribution in [0.3, 0.4) is 0 Å². The van der Waals surface area contributed by atoms with Crippen molar-refractivity contribution >= 4 is 34.8 Å². The molecule has 0 spiro atoms. The Morgan fingerprint density at radius 1 is 1.20 bits per heavy atom. The van der Waals surface area contributed by atoms with Crippen LogP contribution >= 0.6 is 34.8 Å². The van der Waals surface area contributed by atoms with Crippen molar-refractivity contribution in [2.45, 2.75) is 31.1 Å². The van der Waals surface area contributed by atoms with E-state index < -0.39 is 0 Å². The van der Waals surface area contributed by atoms with E-state index in [4.69, 9.17) is 34.8 Å². The average Bonchev–Trinajstić information content (AvgIpc) is 2.59. The molecule has 1 aliphatic rings. The van der Waals surface area contributed by atoms with Gasteiger partial charge in [-0.05, 0) is 43.2 Å². The molecule has 1 aliphatic carbocycles. The first-order valence-corrected chi connectivity index (χ1v) is 6.43. The van der Waals surface area contributed by atoms with Crippen LogP contribution in [-0.2, 0) is 6.42 Å². The summed E-state index contributed by atoms with van der Waals surface area (Å²) in [5.41, 5.74) is 1.15. The van der Waals surface area contributed by atoms with Gasteiger partial charge < -0.3 is 0 Å². The van der Waals surface area contributed by atoms with E-state index >= 15 is 0 Å². The lowest BCUT2D eigenvalue weighted by atomic mass is 9.98. The molecule has 1 aromatic carbocycles. The Morgan fingerprint density at radius 3 is 2.67 bits per heavy atom. The molecule has 0 bridgehead atoms. The normalized spacial score (nSPS) is 25.8. The second-order valence-corrected chi connectivity index (χ2v) is 5.60. The standard InChI is InChI=1S/C12H13Cl3/c13-10-5-4-8(7-10)6-9-2-1-3-11(14)12(9)15/h1-3,8,10H,4-7H2. The Kier molecular flexibility index (Phi) is 3.82. The second-order valence-electron chi connectivity index (χ2n) is 4.19. The smallest absolute Gasteiger partial charge is 0.0624 e. The molecular formula is C12H13Cl3. The first-order chi connectivity index (χ1) is 7.16. The second kappa shape index (κ2) is 4.95. The van der Waals surface area contributed by atoms with Crippen LogP contribution in [0.5, 0.6) is 0 Å². The van der Waals surface area contributed by atoms with Crippen molar-refractivity contribution in [2.24, 2.45) is 5.92 Å². The van der Waals surface area contributed by atoms with E-state index in [2.05, 4.69) is 6.07 Å². The molecule has 0 amide bonds. The van der Waals surface area contributed by atoms with Crippen molar-refractivity contribution in [2.75, 3.05) is 0 Å². The van der Waals surface area contributed by atoms with Crippen molar-refractivity contribution in [1.82, 2.24) is 0 Å². The van der Waals surface area contributed by atoms with E-state index in [-0.39, 0.29) is 0 Å². The van der Waals surface area contributed by atoms with Gasteiger partial charge in [-0.2, -0.15) is 0 Å². The maximum absolute atomic E-state index is 6.14. The summed E-state index contributed by atoms with van der Waals surface area (Å²) in [6.07, 6.45) is 4.44. The maximum Gasteiger partial charge on any atom is 0.0624 e. The van der Waals surface area contributed by atoms with E-state index in [0.29, 0.717) is 21.3 Å². The lowest BCUT2D eigenvalue weighted by Crippen LogP contribution is -2.01. The Bertz CT molecular complexity index is 349. The minimum absolute atomic E-state index is 0.355. The highest BCUT2D eigenvalue weighted by Crippen LogP contribution is 2.34. The van der Waals surface area contributed by atoms with E-state index in [1.165, 1.54) is 6.42 Å². The Balaban J connectivity index is 2.07. The van der Waals surface area contributed by atoms with Gasteiger partial charge in [0.05, 0.1) is 10.0 Å². The van der Waals surface area contributed by atoms with E-state index in [0.717, 1.165) is 24.8 Å². The van der Waals surface area contributed by atoms with E-state index in [1.54, 1.807) is 0 Å². The molecule has 2 atom stereocenters. The van der Waals surface area contributed by atoms with Crippen molar-refractivity contribution in [3.05, 3.63) is 33.8 Å². The third-order valence-electron chi connectivity index (χ3n) is 3.02. The Morgan fingerprint density at radius 2 is 2.00 bits per heavy atom. The van der Waals surface area contributed by atoms with E-state index in [1.807, 2.05) is 12.1 Å². The van der Waals surface area contributed by atoms with Gasteiger partial charge in [0.1, 0.15) is 0 Å². The van der Waals surface area contributed by atoms with Crippen LogP contribution in [0.4, 0.5) is 0 Å². The third-order valence-corrected chi connectivity index (χ3v) is 4.27. The summed E-state index contributed by atoms with van der Waals surface area (Å²) >= 11 is 18.2. The molecule has 3 heteroatoms. The molecule has 0 N–H and O–H groups in total. The molecule has 0 aromatic heterocycles. The van der Waals surface area contributed by atoms with Crippen molar-refractivity contribution in [3.63, 3.8) is 0 Å². The monoisotopic (exact) mass is 262 g/mol. The van der Waals surface area contributed by atoms with Gasteiger partial charge >= 0.3 is 0 Å². The van der Waals surface area contributed by atoms with Crippen LogP contribution in [0.1, 0.15) is 24.8 Å². The quantitative estimate of drug-likeness (QED) is 0.663. The summed E-state index contributed by atoms with van der Waals surface area (Å²) in [6, 6.07) is 5.83. The summed E-state index contributed by atoms with van der Waals surface area (Å²) in [6.45, 7) is 0. The Labute approximate surface area is 106 Å². The van der Waals surface area contributed by atoms with Gasteiger partial charge in [-0.15, -0.1) is 11.6 Å². The molecule has 1 fully saturated rings. The molecule has 2 unspecified atom stereocenters. The molecular weight excluding hydrogens is 250 g/mol. The van der Waals surface area contributed by atoms with Crippen LogP contribution in [0, 0.1) is 5.92 Å². The van der Waals surface area contributed by atoms with Gasteiger partial charge in [0.25, 0.3) is 0 Å². The van der Waals surface area contributed by atoms with Gasteiger partial charge in [-0.1, -0.05) is 35.3 Å². The highest BCUT2D eigenvalue weighted by molar-refractivity contribution is 6.42. The van der Waals surface area contributed by atoms with Crippen LogP contribution in [0.2, 0.25) is 10.0 Å². The zero-order valence-corrected chi connectivity index (χ0v) is 10.6. The minimum atomic E-state index is 0.355. The van der Waals surface area contributed by atoms with Crippen molar-refractivity contribution in [1.29, 1.82) is 0 Å². The summed E-state index contributed by atoms with van der Waals surface area (Å²) < 4.78 is 0. The number of halogens is 3. The number of hydrogen-bond donors (Lipinski definition) is 0. The summed E-state index contributed by atoms with van der Waals surface area (Å²) in [5, 5.41) is 1.71. The van der Waals surface area contributed by atoms with Crippen LogP contribution in [0.25, 0.3) is 0 Å². The van der Waals surface area contributed by atoms with Crippen LogP contribution in [-0.4, -0.2) is 5.38 Å². The molecule has 0 radical (unpaired) electrons. The average molecular weight is 264 g/mol. The molecule has 0 saturated heterocycles. The predicted molar refractivity (Wildman–Crippen MR) is 67.1 cm³/mol.